The molecule has 2 amide bonds. The maximum atomic E-state index is 13.8. The molecule has 0 spiro atoms. The van der Waals surface area contributed by atoms with Gasteiger partial charge in [-0.3, -0.25) is 9.59 Å². The van der Waals surface area contributed by atoms with E-state index in [-0.39, 0.29) is 23.9 Å². The fourth-order valence-electron chi connectivity index (χ4n) is 7.80. The van der Waals surface area contributed by atoms with Crippen LogP contribution in [0.2, 0.25) is 0 Å². The summed E-state index contributed by atoms with van der Waals surface area (Å²) in [6.07, 6.45) is 5.82. The van der Waals surface area contributed by atoms with E-state index in [0.29, 0.717) is 23.1 Å². The number of amides is 2. The molecule has 2 aliphatic carbocycles. The zero-order valence-corrected chi connectivity index (χ0v) is 27.1. The van der Waals surface area contributed by atoms with Crippen LogP contribution in [-0.2, 0) is 18.4 Å². The topological polar surface area (TPSA) is 98.6 Å². The number of fused-ring (bicyclic) bond motifs is 4. The lowest BCUT2D eigenvalue weighted by atomic mass is 10.0. The number of aryl methyl sites for hydroxylation is 1. The summed E-state index contributed by atoms with van der Waals surface area (Å²) in [5.74, 6) is 2.33. The molecule has 8 rings (SSSR count). The fourth-order valence-corrected chi connectivity index (χ4v) is 7.80. The standard InChI is InChI=1S/C38H40N6O3/c1-5-34(45)41(2)28-8-6-7-23(15-28)24-11-12-25-18-32(43(31(25)17-24)20-22-9-10-22)37-40-29-16-27(19-33(47-4)36(29)42(37)3)38(46)44-21-26-13-14-30(44)35(26)39/h5-8,11-12,15-19,22,26,30,35H,1,9-10,13-14,20-21,39H2,2-4H3. The smallest absolute Gasteiger partial charge is 0.254 e. The van der Waals surface area contributed by atoms with Crippen LogP contribution in [0, 0.1) is 11.8 Å². The van der Waals surface area contributed by atoms with Gasteiger partial charge < -0.3 is 29.4 Å². The van der Waals surface area contributed by atoms with Crippen LogP contribution in [-0.4, -0.2) is 63.6 Å². The summed E-state index contributed by atoms with van der Waals surface area (Å²) in [5.41, 5.74) is 13.7. The predicted molar refractivity (Wildman–Crippen MR) is 185 cm³/mol. The zero-order valence-electron chi connectivity index (χ0n) is 27.1. The number of likely N-dealkylation sites (N-methyl/N-ethyl adjacent to an activating group) is 1. The van der Waals surface area contributed by atoms with E-state index in [0.717, 1.165) is 76.2 Å². The van der Waals surface area contributed by atoms with Crippen LogP contribution >= 0.6 is 0 Å². The second-order valence-corrected chi connectivity index (χ2v) is 13.5. The molecule has 2 saturated carbocycles. The van der Waals surface area contributed by atoms with E-state index in [4.69, 9.17) is 15.5 Å². The highest BCUT2D eigenvalue weighted by Gasteiger charge is 2.47. The third kappa shape index (κ3) is 4.83. The van der Waals surface area contributed by atoms with Crippen molar-refractivity contribution >= 4 is 39.4 Å². The first-order valence-corrected chi connectivity index (χ1v) is 16.5. The predicted octanol–water partition coefficient (Wildman–Crippen LogP) is 5.99. The number of rotatable bonds is 8. The molecule has 47 heavy (non-hydrogen) atoms. The van der Waals surface area contributed by atoms with Crippen LogP contribution in [0.15, 0.2) is 73.3 Å². The number of piperidine rings is 1. The molecule has 3 aromatic carbocycles. The minimum Gasteiger partial charge on any atom is -0.494 e. The number of carbonyl (C=O) groups excluding carboxylic acids is 2. The Morgan fingerprint density at radius 3 is 2.57 bits per heavy atom. The quantitative estimate of drug-likeness (QED) is 0.213. The lowest BCUT2D eigenvalue weighted by molar-refractivity contribution is -0.113. The number of ether oxygens (including phenoxy) is 1. The number of hydrogen-bond acceptors (Lipinski definition) is 5. The molecule has 3 fully saturated rings. The Morgan fingerprint density at radius 1 is 1.06 bits per heavy atom. The Kier molecular flexibility index (Phi) is 6.98. The van der Waals surface area contributed by atoms with E-state index < -0.39 is 0 Å². The van der Waals surface area contributed by atoms with Gasteiger partial charge in [-0.1, -0.05) is 30.8 Å². The summed E-state index contributed by atoms with van der Waals surface area (Å²) in [6, 6.07) is 20.7. The Balaban J connectivity index is 1.21. The van der Waals surface area contributed by atoms with Crippen LogP contribution in [0.4, 0.5) is 5.69 Å². The van der Waals surface area contributed by atoms with Gasteiger partial charge in [-0.05, 0) is 91.1 Å². The van der Waals surface area contributed by atoms with Crippen molar-refractivity contribution in [3.8, 4) is 28.4 Å². The van der Waals surface area contributed by atoms with Gasteiger partial charge >= 0.3 is 0 Å². The molecule has 1 aliphatic heterocycles. The number of benzene rings is 3. The van der Waals surface area contributed by atoms with Gasteiger partial charge in [0.05, 0.1) is 18.3 Å². The van der Waals surface area contributed by atoms with Crippen molar-refractivity contribution in [2.24, 2.45) is 24.6 Å². The Hall–Kier alpha value is -4.89. The van der Waals surface area contributed by atoms with E-state index in [1.54, 1.807) is 19.1 Å². The van der Waals surface area contributed by atoms with Crippen LogP contribution in [0.5, 0.6) is 5.75 Å². The maximum absolute atomic E-state index is 13.8. The van der Waals surface area contributed by atoms with Crippen molar-refractivity contribution in [3.63, 3.8) is 0 Å². The van der Waals surface area contributed by atoms with Crippen LogP contribution in [0.1, 0.15) is 36.0 Å². The summed E-state index contributed by atoms with van der Waals surface area (Å²) >= 11 is 0. The Bertz CT molecular complexity index is 2090. The van der Waals surface area contributed by atoms with E-state index in [1.165, 1.54) is 18.9 Å². The molecule has 2 N–H and O–H groups in total. The first-order chi connectivity index (χ1) is 22.7. The molecule has 3 heterocycles. The SMILES string of the molecule is C=CC(=O)N(C)c1cccc(-c2ccc3cc(-c4nc5cc(C(=O)N6CC7CCC6C7N)cc(OC)c5n4C)n(CC4CC4)c3c2)c1. The summed E-state index contributed by atoms with van der Waals surface area (Å²) in [5, 5.41) is 1.13. The fraction of sp³-hybridized carbons (Fsp3) is 0.342. The van der Waals surface area contributed by atoms with E-state index in [9.17, 15) is 9.59 Å². The third-order valence-corrected chi connectivity index (χ3v) is 10.7. The van der Waals surface area contributed by atoms with Gasteiger partial charge in [0.25, 0.3) is 5.91 Å². The number of nitrogens with two attached hydrogens (primary N) is 1. The highest BCUT2D eigenvalue weighted by Crippen LogP contribution is 2.41. The first-order valence-electron chi connectivity index (χ1n) is 16.5. The molecule has 2 aromatic heterocycles. The highest BCUT2D eigenvalue weighted by atomic mass is 16.5. The number of anilines is 1. The van der Waals surface area contributed by atoms with Crippen LogP contribution < -0.4 is 15.4 Å². The molecule has 2 bridgehead atoms. The van der Waals surface area contributed by atoms with Gasteiger partial charge in [0.15, 0.2) is 5.82 Å². The summed E-state index contributed by atoms with van der Waals surface area (Å²) in [6.45, 7) is 5.25. The molecule has 0 radical (unpaired) electrons. The highest BCUT2D eigenvalue weighted by molar-refractivity contribution is 6.02. The lowest BCUT2D eigenvalue weighted by Crippen LogP contribution is -2.41. The van der Waals surface area contributed by atoms with E-state index in [2.05, 4.69) is 46.0 Å². The number of aromatic nitrogens is 3. The normalized spacial score (nSPS) is 20.3. The third-order valence-electron chi connectivity index (χ3n) is 10.7. The van der Waals surface area contributed by atoms with Gasteiger partial charge in [-0.2, -0.15) is 0 Å². The second kappa shape index (κ2) is 11.1. The maximum Gasteiger partial charge on any atom is 0.254 e. The molecular formula is C38H40N6O3. The van der Waals surface area contributed by atoms with Crippen molar-refractivity contribution in [2.75, 3.05) is 25.6 Å². The average molecular weight is 629 g/mol. The molecule has 240 valence electrons. The van der Waals surface area contributed by atoms with Crippen LogP contribution in [0.3, 0.4) is 0 Å². The summed E-state index contributed by atoms with van der Waals surface area (Å²) < 4.78 is 10.4. The molecule has 3 unspecified atom stereocenters. The van der Waals surface area contributed by atoms with Crippen molar-refractivity contribution in [2.45, 2.75) is 44.3 Å². The lowest BCUT2D eigenvalue weighted by Gasteiger charge is -2.27. The number of imidazole rings is 1. The minimum atomic E-state index is -0.150. The Morgan fingerprint density at radius 2 is 1.87 bits per heavy atom. The van der Waals surface area contributed by atoms with Gasteiger partial charge in [0.2, 0.25) is 5.91 Å². The monoisotopic (exact) mass is 628 g/mol. The number of nitrogens with zero attached hydrogens (tertiary/aromatic N) is 5. The molecule has 9 heteroatoms. The van der Waals surface area contributed by atoms with Crippen LogP contribution in [0.25, 0.3) is 44.6 Å². The molecule has 3 atom stereocenters. The van der Waals surface area contributed by atoms with Gasteiger partial charge in [-0.25, -0.2) is 4.98 Å². The minimum absolute atomic E-state index is 0.000416. The Labute approximate surface area is 274 Å². The number of carbonyl (C=O) groups is 2. The first kappa shape index (κ1) is 29.5. The second-order valence-electron chi connectivity index (χ2n) is 13.5. The molecule has 1 saturated heterocycles. The van der Waals surface area contributed by atoms with Crippen molar-refractivity contribution < 1.29 is 14.3 Å². The molecule has 9 nitrogen and oxygen atoms in total. The van der Waals surface area contributed by atoms with Crippen molar-refractivity contribution in [1.29, 1.82) is 0 Å². The zero-order chi connectivity index (χ0) is 32.6. The average Bonchev–Trinajstić information content (AvgIpc) is 3.50. The molecular weight excluding hydrogens is 588 g/mol. The van der Waals surface area contributed by atoms with Gasteiger partial charge in [0.1, 0.15) is 11.3 Å². The van der Waals surface area contributed by atoms with E-state index in [1.807, 2.05) is 42.3 Å². The number of hydrogen-bond donors (Lipinski definition) is 1. The van der Waals surface area contributed by atoms with Gasteiger partial charge in [-0.15, -0.1) is 0 Å². The number of likely N-dealkylation sites (tertiary alicyclic amines) is 1. The largest absolute Gasteiger partial charge is 0.494 e. The summed E-state index contributed by atoms with van der Waals surface area (Å²) in [7, 11) is 5.43. The van der Waals surface area contributed by atoms with E-state index >= 15 is 0 Å². The van der Waals surface area contributed by atoms with Crippen molar-refractivity contribution in [3.05, 3.63) is 78.9 Å². The van der Waals surface area contributed by atoms with Crippen molar-refractivity contribution in [1.82, 2.24) is 19.0 Å². The summed E-state index contributed by atoms with van der Waals surface area (Å²) in [4.78, 5) is 34.8. The number of methoxy groups -OCH3 is 1. The molecule has 3 aliphatic rings. The van der Waals surface area contributed by atoms with Gasteiger partial charge in [0, 0.05) is 61.4 Å². The molecule has 5 aromatic rings.